The van der Waals surface area contributed by atoms with Gasteiger partial charge in [-0.15, -0.1) is 0 Å². The maximum atomic E-state index is 12.6. The van der Waals surface area contributed by atoms with E-state index < -0.39 is 11.4 Å². The number of hydrogen-bond acceptors (Lipinski definition) is 4. The summed E-state index contributed by atoms with van der Waals surface area (Å²) in [5, 5.41) is 3.17. The van der Waals surface area contributed by atoms with E-state index in [0.29, 0.717) is 5.95 Å². The van der Waals surface area contributed by atoms with Crippen molar-refractivity contribution in [1.82, 2.24) is 15.3 Å². The largest absolute Gasteiger partial charge is 0.340 e. The van der Waals surface area contributed by atoms with E-state index >= 15 is 0 Å². The van der Waals surface area contributed by atoms with Crippen molar-refractivity contribution < 1.29 is 4.39 Å². The second-order valence-corrected chi connectivity index (χ2v) is 3.12. The molecule has 6 heteroatoms. The molecule has 1 aliphatic rings. The average molecular weight is 198 g/mol. The lowest BCUT2D eigenvalue weighted by Gasteiger charge is -2.27. The average Bonchev–Trinajstić information content (AvgIpc) is 2.23. The summed E-state index contributed by atoms with van der Waals surface area (Å²) in [5.41, 5.74) is -0.714. The van der Waals surface area contributed by atoms with Gasteiger partial charge in [0.05, 0.1) is 6.20 Å². The molecular weight excluding hydrogens is 187 g/mol. The summed E-state index contributed by atoms with van der Waals surface area (Å²) in [5.74, 6) is -0.401. The minimum Gasteiger partial charge on any atom is -0.340 e. The lowest BCUT2D eigenvalue weighted by molar-refractivity contribution is 0.567. The van der Waals surface area contributed by atoms with Crippen LogP contribution in [0, 0.1) is 5.82 Å². The van der Waals surface area contributed by atoms with Crippen LogP contribution >= 0.6 is 0 Å². The van der Waals surface area contributed by atoms with Crippen LogP contribution in [-0.4, -0.2) is 36.1 Å². The number of halogens is 1. The van der Waals surface area contributed by atoms with Gasteiger partial charge >= 0.3 is 0 Å². The van der Waals surface area contributed by atoms with Crippen LogP contribution < -0.4 is 15.8 Å². The number of H-pyrrole nitrogens is 1. The van der Waals surface area contributed by atoms with Gasteiger partial charge in [0, 0.05) is 26.2 Å². The van der Waals surface area contributed by atoms with Gasteiger partial charge in [0.15, 0.2) is 0 Å². The second kappa shape index (κ2) is 3.75. The smallest absolute Gasteiger partial charge is 0.288 e. The van der Waals surface area contributed by atoms with Crippen LogP contribution in [0.5, 0.6) is 0 Å². The zero-order valence-electron chi connectivity index (χ0n) is 7.59. The quantitative estimate of drug-likeness (QED) is 0.627. The van der Waals surface area contributed by atoms with Crippen molar-refractivity contribution in [3.63, 3.8) is 0 Å². The fourth-order valence-electron chi connectivity index (χ4n) is 1.41. The molecule has 2 heterocycles. The first kappa shape index (κ1) is 9.14. The Labute approximate surface area is 80.0 Å². The number of aromatic amines is 1. The van der Waals surface area contributed by atoms with Crippen molar-refractivity contribution in [2.75, 3.05) is 31.1 Å². The van der Waals surface area contributed by atoms with Crippen LogP contribution in [0.2, 0.25) is 0 Å². The first-order chi connectivity index (χ1) is 6.77. The van der Waals surface area contributed by atoms with Crippen LogP contribution in [0.25, 0.3) is 0 Å². The molecule has 0 unspecified atom stereocenters. The Bertz CT molecular complexity index is 372. The minimum atomic E-state index is -0.844. The van der Waals surface area contributed by atoms with E-state index in [2.05, 4.69) is 15.3 Å². The predicted molar refractivity (Wildman–Crippen MR) is 49.9 cm³/mol. The summed E-state index contributed by atoms with van der Waals surface area (Å²) in [6.07, 6.45) is 0.955. The third kappa shape index (κ3) is 1.74. The first-order valence-corrected chi connectivity index (χ1v) is 4.48. The van der Waals surface area contributed by atoms with E-state index in [4.69, 9.17) is 0 Å². The standard InChI is InChI=1S/C8H11FN4O/c9-6-5-11-8(12-7(6)14)13-3-1-10-2-4-13/h5,10H,1-4H2,(H,11,12,14). The maximum Gasteiger partial charge on any atom is 0.288 e. The lowest BCUT2D eigenvalue weighted by atomic mass is 10.4. The highest BCUT2D eigenvalue weighted by Crippen LogP contribution is 2.04. The molecule has 1 aromatic rings. The summed E-state index contributed by atoms with van der Waals surface area (Å²) in [7, 11) is 0. The van der Waals surface area contributed by atoms with E-state index in [1.165, 1.54) is 0 Å². The molecule has 0 atom stereocenters. The van der Waals surface area contributed by atoms with Gasteiger partial charge in [-0.05, 0) is 0 Å². The van der Waals surface area contributed by atoms with Gasteiger partial charge in [-0.1, -0.05) is 0 Å². The molecule has 5 nitrogen and oxygen atoms in total. The maximum absolute atomic E-state index is 12.6. The summed E-state index contributed by atoms with van der Waals surface area (Å²) in [6.45, 7) is 3.24. The molecule has 1 fully saturated rings. The molecule has 1 saturated heterocycles. The van der Waals surface area contributed by atoms with Gasteiger partial charge < -0.3 is 10.2 Å². The molecule has 0 bridgehead atoms. The van der Waals surface area contributed by atoms with Crippen molar-refractivity contribution in [3.8, 4) is 0 Å². The molecule has 0 spiro atoms. The summed E-state index contributed by atoms with van der Waals surface area (Å²) in [4.78, 5) is 19.1. The summed E-state index contributed by atoms with van der Waals surface area (Å²) in [6, 6.07) is 0. The van der Waals surface area contributed by atoms with Crippen molar-refractivity contribution in [3.05, 3.63) is 22.4 Å². The molecular formula is C8H11FN4O. The molecule has 14 heavy (non-hydrogen) atoms. The van der Waals surface area contributed by atoms with Crippen molar-refractivity contribution in [1.29, 1.82) is 0 Å². The minimum absolute atomic E-state index is 0.443. The third-order valence-corrected chi connectivity index (χ3v) is 2.16. The monoisotopic (exact) mass is 198 g/mol. The Morgan fingerprint density at radius 3 is 2.79 bits per heavy atom. The lowest BCUT2D eigenvalue weighted by Crippen LogP contribution is -2.44. The molecule has 1 aliphatic heterocycles. The van der Waals surface area contributed by atoms with Gasteiger partial charge in [-0.25, -0.2) is 4.98 Å². The fraction of sp³-hybridized carbons (Fsp3) is 0.500. The summed E-state index contributed by atoms with van der Waals surface area (Å²) < 4.78 is 12.6. The number of hydrogen-bond donors (Lipinski definition) is 2. The highest BCUT2D eigenvalue weighted by molar-refractivity contribution is 5.29. The van der Waals surface area contributed by atoms with Crippen LogP contribution in [0.4, 0.5) is 10.3 Å². The van der Waals surface area contributed by atoms with E-state index in [1.807, 2.05) is 4.90 Å². The van der Waals surface area contributed by atoms with E-state index in [1.54, 1.807) is 0 Å². The molecule has 76 valence electrons. The van der Waals surface area contributed by atoms with Crippen molar-refractivity contribution in [2.24, 2.45) is 0 Å². The zero-order valence-corrected chi connectivity index (χ0v) is 7.59. The van der Waals surface area contributed by atoms with Crippen molar-refractivity contribution in [2.45, 2.75) is 0 Å². The van der Waals surface area contributed by atoms with Gasteiger partial charge in [0.1, 0.15) is 0 Å². The first-order valence-electron chi connectivity index (χ1n) is 4.48. The highest BCUT2D eigenvalue weighted by atomic mass is 19.1. The van der Waals surface area contributed by atoms with Crippen LogP contribution in [0.1, 0.15) is 0 Å². The topological polar surface area (TPSA) is 61.0 Å². The van der Waals surface area contributed by atoms with Gasteiger partial charge in [-0.2, -0.15) is 4.39 Å². The third-order valence-electron chi connectivity index (χ3n) is 2.16. The zero-order chi connectivity index (χ0) is 9.97. The molecule has 1 aromatic heterocycles. The molecule has 0 saturated carbocycles. The van der Waals surface area contributed by atoms with E-state index in [0.717, 1.165) is 32.4 Å². The molecule has 2 N–H and O–H groups in total. The summed E-state index contributed by atoms with van der Waals surface area (Å²) >= 11 is 0. The van der Waals surface area contributed by atoms with E-state index in [9.17, 15) is 9.18 Å². The Hall–Kier alpha value is -1.43. The molecule has 0 amide bonds. The molecule has 0 radical (unpaired) electrons. The van der Waals surface area contributed by atoms with Gasteiger partial charge in [0.25, 0.3) is 5.56 Å². The van der Waals surface area contributed by atoms with E-state index in [-0.39, 0.29) is 0 Å². The van der Waals surface area contributed by atoms with Crippen molar-refractivity contribution >= 4 is 5.95 Å². The molecule has 0 aliphatic carbocycles. The normalized spacial score (nSPS) is 17.1. The number of piperazine rings is 1. The fourth-order valence-corrected chi connectivity index (χ4v) is 1.41. The van der Waals surface area contributed by atoms with Crippen LogP contribution in [0.15, 0.2) is 11.0 Å². The predicted octanol–water partition coefficient (Wildman–Crippen LogP) is -0.681. The molecule has 2 rings (SSSR count). The number of anilines is 1. The number of rotatable bonds is 1. The SMILES string of the molecule is O=c1[nH]c(N2CCNCC2)ncc1F. The molecule has 0 aromatic carbocycles. The van der Waals surface area contributed by atoms with Gasteiger partial charge in [-0.3, -0.25) is 9.78 Å². The Morgan fingerprint density at radius 1 is 1.43 bits per heavy atom. The Kier molecular flexibility index (Phi) is 2.45. The van der Waals surface area contributed by atoms with Gasteiger partial charge in [0.2, 0.25) is 11.8 Å². The van der Waals surface area contributed by atoms with Crippen LogP contribution in [0.3, 0.4) is 0 Å². The Balaban J connectivity index is 2.23. The highest BCUT2D eigenvalue weighted by Gasteiger charge is 2.12. The second-order valence-electron chi connectivity index (χ2n) is 3.12. The number of nitrogens with zero attached hydrogens (tertiary/aromatic N) is 2. The van der Waals surface area contributed by atoms with Crippen LogP contribution in [-0.2, 0) is 0 Å². The Morgan fingerprint density at radius 2 is 2.14 bits per heavy atom. The number of aromatic nitrogens is 2. The number of nitrogens with one attached hydrogen (secondary N) is 2.